The maximum Gasteiger partial charge on any atom is 0.200 e. The molecule has 22 heavy (non-hydrogen) atoms. The van der Waals surface area contributed by atoms with E-state index < -0.39 is 5.75 Å². The Labute approximate surface area is 130 Å². The molecule has 4 heteroatoms. The largest absolute Gasteiger partial charge is 0.507 e. The predicted octanol–water partition coefficient (Wildman–Crippen LogP) is 3.71. The second kappa shape index (κ2) is 5.44. The van der Waals surface area contributed by atoms with E-state index in [0.717, 1.165) is 16.7 Å². The van der Waals surface area contributed by atoms with Crippen molar-refractivity contribution >= 4 is 0 Å². The Kier molecular flexibility index (Phi) is 3.96. The molecule has 4 N–H and O–H groups in total. The van der Waals surface area contributed by atoms with Crippen LogP contribution >= 0.6 is 0 Å². The Morgan fingerprint density at radius 1 is 0.864 bits per heavy atom. The fraction of sp³-hybridized carbons (Fsp3) is 0.333. The van der Waals surface area contributed by atoms with Crippen LogP contribution in [0.3, 0.4) is 0 Å². The Bertz CT molecular complexity index is 712. The number of benzene rings is 2. The number of aromatic hydroxyl groups is 4. The van der Waals surface area contributed by atoms with Crippen LogP contribution in [-0.4, -0.2) is 20.4 Å². The summed E-state index contributed by atoms with van der Waals surface area (Å²) in [5.41, 5.74) is 2.83. The first-order valence-electron chi connectivity index (χ1n) is 7.17. The lowest BCUT2D eigenvalue weighted by atomic mass is 9.83. The van der Waals surface area contributed by atoms with E-state index in [0.29, 0.717) is 12.0 Å². The molecule has 0 bridgehead atoms. The summed E-state index contributed by atoms with van der Waals surface area (Å²) in [5, 5.41) is 39.2. The van der Waals surface area contributed by atoms with Crippen LogP contribution < -0.4 is 0 Å². The molecule has 118 valence electrons. The van der Waals surface area contributed by atoms with Gasteiger partial charge in [-0.15, -0.1) is 0 Å². The molecule has 2 rings (SSSR count). The van der Waals surface area contributed by atoms with Gasteiger partial charge in [-0.25, -0.2) is 0 Å². The molecule has 0 aliphatic heterocycles. The maximum atomic E-state index is 10.2. The van der Waals surface area contributed by atoms with Crippen molar-refractivity contribution in [3.8, 4) is 23.0 Å². The molecule has 0 atom stereocenters. The Morgan fingerprint density at radius 2 is 1.50 bits per heavy atom. The number of rotatable bonds is 2. The van der Waals surface area contributed by atoms with Gasteiger partial charge in [0.05, 0.1) is 0 Å². The zero-order valence-corrected chi connectivity index (χ0v) is 13.3. The third-order valence-electron chi connectivity index (χ3n) is 3.78. The molecule has 0 aliphatic rings. The van der Waals surface area contributed by atoms with Crippen LogP contribution in [0, 0.1) is 6.92 Å². The third-order valence-corrected chi connectivity index (χ3v) is 3.78. The van der Waals surface area contributed by atoms with Crippen molar-refractivity contribution in [3.63, 3.8) is 0 Å². The van der Waals surface area contributed by atoms with Crippen LogP contribution in [-0.2, 0) is 11.8 Å². The summed E-state index contributed by atoms with van der Waals surface area (Å²) >= 11 is 0. The molecule has 2 aromatic carbocycles. The van der Waals surface area contributed by atoms with Gasteiger partial charge in [-0.05, 0) is 35.1 Å². The standard InChI is InChI=1S/C18H22O4/c1-10-7-11(9-13(15(10)20)18(2,3)4)8-12-5-6-14(19)17(22)16(12)21/h5-7,9,19-22H,8H2,1-4H3. The highest BCUT2D eigenvalue weighted by molar-refractivity contribution is 5.55. The molecule has 0 unspecified atom stereocenters. The second-order valence-electron chi connectivity index (χ2n) is 6.68. The molecule has 0 radical (unpaired) electrons. The number of hydrogen-bond donors (Lipinski definition) is 4. The van der Waals surface area contributed by atoms with Crippen molar-refractivity contribution in [2.24, 2.45) is 0 Å². The minimum Gasteiger partial charge on any atom is -0.507 e. The second-order valence-corrected chi connectivity index (χ2v) is 6.68. The zero-order valence-electron chi connectivity index (χ0n) is 13.3. The van der Waals surface area contributed by atoms with E-state index in [1.807, 2.05) is 39.8 Å². The monoisotopic (exact) mass is 302 g/mol. The lowest BCUT2D eigenvalue weighted by molar-refractivity contribution is 0.365. The maximum absolute atomic E-state index is 10.2. The summed E-state index contributed by atoms with van der Waals surface area (Å²) in [4.78, 5) is 0. The number of hydrogen-bond acceptors (Lipinski definition) is 4. The van der Waals surface area contributed by atoms with Gasteiger partial charge < -0.3 is 20.4 Å². The first kappa shape index (κ1) is 16.0. The zero-order chi connectivity index (χ0) is 16.7. The summed E-state index contributed by atoms with van der Waals surface area (Å²) in [7, 11) is 0. The molecule has 0 heterocycles. The molecule has 0 spiro atoms. The van der Waals surface area contributed by atoms with Crippen LogP contribution in [0.2, 0.25) is 0 Å². The van der Waals surface area contributed by atoms with E-state index in [1.165, 1.54) is 6.07 Å². The molecular weight excluding hydrogens is 280 g/mol. The van der Waals surface area contributed by atoms with E-state index in [-0.39, 0.29) is 22.7 Å². The van der Waals surface area contributed by atoms with Crippen LogP contribution in [0.1, 0.15) is 43.0 Å². The fourth-order valence-electron chi connectivity index (χ4n) is 2.50. The molecule has 0 aromatic heterocycles. The number of phenolic OH excluding ortho intramolecular Hbond substituents is 4. The normalized spacial score (nSPS) is 11.6. The molecule has 0 fully saturated rings. The number of aryl methyl sites for hydroxylation is 1. The molecule has 0 amide bonds. The van der Waals surface area contributed by atoms with Crippen LogP contribution in [0.25, 0.3) is 0 Å². The van der Waals surface area contributed by atoms with Gasteiger partial charge in [-0.1, -0.05) is 39.0 Å². The SMILES string of the molecule is Cc1cc(Cc2ccc(O)c(O)c2O)cc(C(C)(C)C)c1O. The summed E-state index contributed by atoms with van der Waals surface area (Å²) in [6, 6.07) is 6.69. The summed E-state index contributed by atoms with van der Waals surface area (Å²) in [6.45, 7) is 7.90. The molecule has 0 saturated carbocycles. The van der Waals surface area contributed by atoms with E-state index in [4.69, 9.17) is 0 Å². The van der Waals surface area contributed by atoms with Gasteiger partial charge in [-0.2, -0.15) is 0 Å². The van der Waals surface area contributed by atoms with Crippen molar-refractivity contribution in [3.05, 3.63) is 46.5 Å². The van der Waals surface area contributed by atoms with E-state index in [9.17, 15) is 20.4 Å². The Balaban J connectivity index is 2.47. The Morgan fingerprint density at radius 3 is 2.09 bits per heavy atom. The van der Waals surface area contributed by atoms with Crippen molar-refractivity contribution in [1.82, 2.24) is 0 Å². The van der Waals surface area contributed by atoms with E-state index >= 15 is 0 Å². The van der Waals surface area contributed by atoms with Gasteiger partial charge in [0.15, 0.2) is 11.5 Å². The first-order valence-corrected chi connectivity index (χ1v) is 7.17. The highest BCUT2D eigenvalue weighted by Crippen LogP contribution is 2.39. The van der Waals surface area contributed by atoms with E-state index in [2.05, 4.69) is 0 Å². The van der Waals surface area contributed by atoms with Gasteiger partial charge in [-0.3, -0.25) is 0 Å². The van der Waals surface area contributed by atoms with Gasteiger partial charge in [0.1, 0.15) is 5.75 Å². The summed E-state index contributed by atoms with van der Waals surface area (Å²) < 4.78 is 0. The van der Waals surface area contributed by atoms with Crippen molar-refractivity contribution < 1.29 is 20.4 Å². The van der Waals surface area contributed by atoms with Gasteiger partial charge >= 0.3 is 0 Å². The first-order chi connectivity index (χ1) is 10.1. The summed E-state index contributed by atoms with van der Waals surface area (Å²) in [5.74, 6) is -0.889. The molecule has 0 aliphatic carbocycles. The molecular formula is C18H22O4. The van der Waals surface area contributed by atoms with Crippen LogP contribution in [0.15, 0.2) is 24.3 Å². The van der Waals surface area contributed by atoms with Crippen LogP contribution in [0.5, 0.6) is 23.0 Å². The van der Waals surface area contributed by atoms with Gasteiger partial charge in [0.2, 0.25) is 5.75 Å². The minimum absolute atomic E-state index is 0.204. The molecule has 4 nitrogen and oxygen atoms in total. The molecule has 2 aromatic rings. The highest BCUT2D eigenvalue weighted by atomic mass is 16.3. The van der Waals surface area contributed by atoms with Crippen molar-refractivity contribution in [1.29, 1.82) is 0 Å². The summed E-state index contributed by atoms with van der Waals surface area (Å²) in [6.07, 6.45) is 0.393. The van der Waals surface area contributed by atoms with Crippen LogP contribution in [0.4, 0.5) is 0 Å². The highest BCUT2D eigenvalue weighted by Gasteiger charge is 2.21. The van der Waals surface area contributed by atoms with Gasteiger partial charge in [0.25, 0.3) is 0 Å². The minimum atomic E-state index is -0.510. The third kappa shape index (κ3) is 2.96. The van der Waals surface area contributed by atoms with Gasteiger partial charge in [0, 0.05) is 12.0 Å². The van der Waals surface area contributed by atoms with Crippen molar-refractivity contribution in [2.45, 2.75) is 39.5 Å². The predicted molar refractivity (Wildman–Crippen MR) is 85.8 cm³/mol. The smallest absolute Gasteiger partial charge is 0.200 e. The lowest BCUT2D eigenvalue weighted by Crippen LogP contribution is -2.12. The fourth-order valence-corrected chi connectivity index (χ4v) is 2.50. The topological polar surface area (TPSA) is 80.9 Å². The average molecular weight is 302 g/mol. The van der Waals surface area contributed by atoms with Crippen molar-refractivity contribution in [2.75, 3.05) is 0 Å². The Hall–Kier alpha value is -2.36. The quantitative estimate of drug-likeness (QED) is 0.638. The lowest BCUT2D eigenvalue weighted by Gasteiger charge is -2.23. The number of phenols is 4. The molecule has 0 saturated heterocycles. The van der Waals surface area contributed by atoms with E-state index in [1.54, 1.807) is 6.07 Å². The average Bonchev–Trinajstić information content (AvgIpc) is 2.42.